The molecule has 1 heterocycles. The maximum atomic E-state index is 13.2. The fourth-order valence-electron chi connectivity index (χ4n) is 3.80. The second-order valence-corrected chi connectivity index (χ2v) is 6.89. The molecule has 3 aromatic rings. The van der Waals surface area contributed by atoms with Gasteiger partial charge in [-0.1, -0.05) is 74.7 Å². The highest BCUT2D eigenvalue weighted by atomic mass is 16.1. The SMILES string of the molecule is CCCCCC(C)n1c(C)c(C(=O)c2ccccc2)c2ccccc21. The number of hydrogen-bond donors (Lipinski definition) is 0. The molecule has 3 rings (SSSR count). The van der Waals surface area contributed by atoms with Gasteiger partial charge in [0.25, 0.3) is 0 Å². The zero-order valence-corrected chi connectivity index (χ0v) is 15.5. The first-order valence-electron chi connectivity index (χ1n) is 9.34. The number of para-hydroxylation sites is 1. The first-order chi connectivity index (χ1) is 12.1. The first kappa shape index (κ1) is 17.5. The van der Waals surface area contributed by atoms with Crippen molar-refractivity contribution in [3.05, 3.63) is 71.4 Å². The highest BCUT2D eigenvalue weighted by Gasteiger charge is 2.22. The Kier molecular flexibility index (Phi) is 5.37. The van der Waals surface area contributed by atoms with E-state index < -0.39 is 0 Å². The Morgan fingerprint density at radius 1 is 1.00 bits per heavy atom. The summed E-state index contributed by atoms with van der Waals surface area (Å²) in [5, 5.41) is 1.07. The van der Waals surface area contributed by atoms with E-state index in [9.17, 15) is 4.79 Å². The van der Waals surface area contributed by atoms with E-state index in [0.29, 0.717) is 6.04 Å². The van der Waals surface area contributed by atoms with E-state index in [1.54, 1.807) is 0 Å². The molecule has 0 aliphatic rings. The standard InChI is InChI=1S/C23H27NO/c1-4-5-7-12-17(2)24-18(3)22(20-15-10-11-16-21(20)24)23(25)19-13-8-6-9-14-19/h6,8-11,13-17H,4-5,7,12H2,1-3H3. The van der Waals surface area contributed by atoms with Crippen LogP contribution in [0.2, 0.25) is 0 Å². The molecule has 130 valence electrons. The van der Waals surface area contributed by atoms with Crippen LogP contribution in [0, 0.1) is 6.92 Å². The predicted molar refractivity (Wildman–Crippen MR) is 105 cm³/mol. The predicted octanol–water partition coefficient (Wildman–Crippen LogP) is 6.32. The van der Waals surface area contributed by atoms with Crippen LogP contribution in [0.1, 0.15) is 67.2 Å². The van der Waals surface area contributed by atoms with Crippen molar-refractivity contribution in [1.29, 1.82) is 0 Å². The second kappa shape index (κ2) is 7.69. The van der Waals surface area contributed by atoms with Crippen molar-refractivity contribution in [2.24, 2.45) is 0 Å². The molecule has 1 aromatic heterocycles. The molecular formula is C23H27NO. The zero-order valence-electron chi connectivity index (χ0n) is 15.5. The van der Waals surface area contributed by atoms with E-state index in [1.807, 2.05) is 36.4 Å². The number of aromatic nitrogens is 1. The molecule has 1 atom stereocenters. The summed E-state index contributed by atoms with van der Waals surface area (Å²) in [6.45, 7) is 6.59. The van der Waals surface area contributed by atoms with Crippen LogP contribution in [0.25, 0.3) is 10.9 Å². The average molecular weight is 333 g/mol. The largest absolute Gasteiger partial charge is 0.341 e. The molecule has 0 saturated carbocycles. The Labute approximate surface area is 150 Å². The molecule has 0 radical (unpaired) electrons. The molecule has 0 aliphatic heterocycles. The quantitative estimate of drug-likeness (QED) is 0.366. The Hall–Kier alpha value is -2.35. The number of benzene rings is 2. The van der Waals surface area contributed by atoms with Crippen molar-refractivity contribution in [3.8, 4) is 0 Å². The van der Waals surface area contributed by atoms with Crippen LogP contribution in [0.3, 0.4) is 0 Å². The van der Waals surface area contributed by atoms with Crippen LogP contribution in [0.15, 0.2) is 54.6 Å². The minimum Gasteiger partial charge on any atom is -0.341 e. The number of nitrogens with zero attached hydrogens (tertiary/aromatic N) is 1. The Morgan fingerprint density at radius 2 is 1.68 bits per heavy atom. The van der Waals surface area contributed by atoms with Crippen LogP contribution in [0.4, 0.5) is 0 Å². The molecule has 0 saturated heterocycles. The van der Waals surface area contributed by atoms with Gasteiger partial charge in [0.15, 0.2) is 5.78 Å². The topological polar surface area (TPSA) is 22.0 Å². The van der Waals surface area contributed by atoms with Crippen LogP contribution in [0.5, 0.6) is 0 Å². The summed E-state index contributed by atoms with van der Waals surface area (Å²) in [7, 11) is 0. The van der Waals surface area contributed by atoms with Crippen LogP contribution in [-0.4, -0.2) is 10.4 Å². The summed E-state index contributed by atoms with van der Waals surface area (Å²) in [6, 6.07) is 18.3. The van der Waals surface area contributed by atoms with E-state index in [2.05, 4.69) is 43.5 Å². The van der Waals surface area contributed by atoms with Crippen molar-refractivity contribution in [2.45, 2.75) is 52.5 Å². The smallest absolute Gasteiger partial charge is 0.195 e. The third kappa shape index (κ3) is 3.39. The van der Waals surface area contributed by atoms with E-state index in [0.717, 1.165) is 28.6 Å². The lowest BCUT2D eigenvalue weighted by molar-refractivity contribution is 0.103. The van der Waals surface area contributed by atoms with Gasteiger partial charge in [-0.25, -0.2) is 0 Å². The highest BCUT2D eigenvalue weighted by Crippen LogP contribution is 2.32. The summed E-state index contributed by atoms with van der Waals surface area (Å²) in [5.41, 5.74) is 3.86. The van der Waals surface area contributed by atoms with Crippen molar-refractivity contribution in [1.82, 2.24) is 4.57 Å². The highest BCUT2D eigenvalue weighted by molar-refractivity contribution is 6.17. The normalized spacial score (nSPS) is 12.4. The molecule has 1 unspecified atom stereocenters. The van der Waals surface area contributed by atoms with Crippen LogP contribution >= 0.6 is 0 Å². The summed E-state index contributed by atoms with van der Waals surface area (Å²) < 4.78 is 2.36. The number of rotatable bonds is 7. The number of unbranched alkanes of at least 4 members (excludes halogenated alkanes) is 2. The number of ketones is 1. The van der Waals surface area contributed by atoms with Crippen LogP contribution in [-0.2, 0) is 0 Å². The molecule has 0 fully saturated rings. The lowest BCUT2D eigenvalue weighted by Crippen LogP contribution is -2.09. The molecule has 0 amide bonds. The average Bonchev–Trinajstić information content (AvgIpc) is 2.94. The van der Waals surface area contributed by atoms with Gasteiger partial charge in [0.2, 0.25) is 0 Å². The fraction of sp³-hybridized carbons (Fsp3) is 0.348. The number of fused-ring (bicyclic) bond motifs is 1. The molecule has 25 heavy (non-hydrogen) atoms. The number of carbonyl (C=O) groups is 1. The van der Waals surface area contributed by atoms with Gasteiger partial charge < -0.3 is 4.57 Å². The lowest BCUT2D eigenvalue weighted by Gasteiger charge is -2.18. The van der Waals surface area contributed by atoms with E-state index >= 15 is 0 Å². The second-order valence-electron chi connectivity index (χ2n) is 6.89. The molecule has 0 bridgehead atoms. The van der Waals surface area contributed by atoms with Crippen molar-refractivity contribution < 1.29 is 4.79 Å². The molecular weight excluding hydrogens is 306 g/mol. The third-order valence-corrected chi connectivity index (χ3v) is 5.09. The van der Waals surface area contributed by atoms with Gasteiger partial charge in [0, 0.05) is 28.2 Å². The maximum absolute atomic E-state index is 13.2. The minimum atomic E-state index is 0.119. The van der Waals surface area contributed by atoms with Crippen molar-refractivity contribution in [2.75, 3.05) is 0 Å². The van der Waals surface area contributed by atoms with Gasteiger partial charge in [-0.2, -0.15) is 0 Å². The van der Waals surface area contributed by atoms with E-state index in [1.165, 1.54) is 24.8 Å². The molecule has 0 N–H and O–H groups in total. The van der Waals surface area contributed by atoms with E-state index in [4.69, 9.17) is 0 Å². The minimum absolute atomic E-state index is 0.119. The Balaban J connectivity index is 2.08. The molecule has 0 aliphatic carbocycles. The van der Waals surface area contributed by atoms with Crippen molar-refractivity contribution >= 4 is 16.7 Å². The van der Waals surface area contributed by atoms with Gasteiger partial charge in [-0.3, -0.25) is 4.79 Å². The molecule has 2 heteroatoms. The fourth-order valence-corrected chi connectivity index (χ4v) is 3.80. The Morgan fingerprint density at radius 3 is 2.40 bits per heavy atom. The molecule has 0 spiro atoms. The van der Waals surface area contributed by atoms with Gasteiger partial charge in [0.1, 0.15) is 0 Å². The van der Waals surface area contributed by atoms with Crippen molar-refractivity contribution in [3.63, 3.8) is 0 Å². The van der Waals surface area contributed by atoms with Gasteiger partial charge in [-0.15, -0.1) is 0 Å². The third-order valence-electron chi connectivity index (χ3n) is 5.09. The summed E-state index contributed by atoms with van der Waals surface area (Å²) in [5.74, 6) is 0.119. The van der Waals surface area contributed by atoms with E-state index in [-0.39, 0.29) is 5.78 Å². The van der Waals surface area contributed by atoms with Crippen LogP contribution < -0.4 is 0 Å². The van der Waals surface area contributed by atoms with Gasteiger partial charge >= 0.3 is 0 Å². The maximum Gasteiger partial charge on any atom is 0.195 e. The monoisotopic (exact) mass is 333 g/mol. The summed E-state index contributed by atoms with van der Waals surface area (Å²) in [6.07, 6.45) is 4.87. The molecule has 2 nitrogen and oxygen atoms in total. The first-order valence-corrected chi connectivity index (χ1v) is 9.34. The summed E-state index contributed by atoms with van der Waals surface area (Å²) in [4.78, 5) is 13.2. The molecule has 2 aromatic carbocycles. The zero-order chi connectivity index (χ0) is 17.8. The number of hydrogen-bond acceptors (Lipinski definition) is 1. The lowest BCUT2D eigenvalue weighted by atomic mass is 10.0. The van der Waals surface area contributed by atoms with Gasteiger partial charge in [-0.05, 0) is 26.3 Å². The summed E-state index contributed by atoms with van der Waals surface area (Å²) >= 11 is 0. The van der Waals surface area contributed by atoms with Gasteiger partial charge in [0.05, 0.1) is 5.56 Å². The number of carbonyl (C=O) groups excluding carboxylic acids is 1. The Bertz CT molecular complexity index is 860.